The van der Waals surface area contributed by atoms with Crippen LogP contribution in [-0.4, -0.2) is 30.4 Å². The first-order valence-corrected chi connectivity index (χ1v) is 7.84. The zero-order valence-electron chi connectivity index (χ0n) is 14.0. The van der Waals surface area contributed by atoms with Gasteiger partial charge >= 0.3 is 12.1 Å². The third-order valence-electron chi connectivity index (χ3n) is 3.67. The second kappa shape index (κ2) is 8.84. The summed E-state index contributed by atoms with van der Waals surface area (Å²) in [6.45, 7) is 0.700. The summed E-state index contributed by atoms with van der Waals surface area (Å²) in [5.41, 5.74) is 0.170. The average Bonchev–Trinajstić information content (AvgIpc) is 2.65. The van der Waals surface area contributed by atoms with Crippen LogP contribution in [0.25, 0.3) is 0 Å². The number of alkyl carbamates (subject to hydrolysis) is 1. The number of amides is 1. The fraction of sp³-hybridized carbons (Fsp3) is 0.263. The lowest BCUT2D eigenvalue weighted by Gasteiger charge is -2.32. The van der Waals surface area contributed by atoms with E-state index in [0.717, 1.165) is 5.56 Å². The van der Waals surface area contributed by atoms with E-state index in [4.69, 9.17) is 9.47 Å². The van der Waals surface area contributed by atoms with Crippen LogP contribution < -0.4 is 5.32 Å². The fourth-order valence-corrected chi connectivity index (χ4v) is 2.30. The molecule has 2 N–H and O–H groups in total. The number of rotatable bonds is 7. The van der Waals surface area contributed by atoms with Crippen molar-refractivity contribution >= 4 is 12.1 Å². The van der Waals surface area contributed by atoms with E-state index in [2.05, 4.69) is 5.32 Å². The van der Waals surface area contributed by atoms with Crippen molar-refractivity contribution in [2.24, 2.45) is 0 Å². The minimum atomic E-state index is -1.28. The van der Waals surface area contributed by atoms with Crippen LogP contribution in [0.3, 0.4) is 0 Å². The molecule has 0 aliphatic rings. The number of carbonyl (C=O) groups excluding carboxylic acids is 2. The number of aliphatic hydroxyl groups excluding tert-OH is 1. The summed E-state index contributed by atoms with van der Waals surface area (Å²) >= 11 is 0. The first-order valence-electron chi connectivity index (χ1n) is 7.84. The van der Waals surface area contributed by atoms with Crippen molar-refractivity contribution < 1.29 is 24.2 Å². The van der Waals surface area contributed by atoms with E-state index in [1.165, 1.54) is 6.92 Å². The molecule has 25 heavy (non-hydrogen) atoms. The zero-order valence-corrected chi connectivity index (χ0v) is 14.0. The Morgan fingerprint density at radius 1 is 1.00 bits per heavy atom. The molecule has 2 aromatic carbocycles. The van der Waals surface area contributed by atoms with Crippen molar-refractivity contribution in [2.75, 3.05) is 13.2 Å². The van der Waals surface area contributed by atoms with E-state index in [1.807, 2.05) is 36.4 Å². The highest BCUT2D eigenvalue weighted by atomic mass is 16.6. The third kappa shape index (κ3) is 5.32. The molecule has 2 aromatic rings. The number of carbonyl (C=O) groups is 2. The second-order valence-electron chi connectivity index (χ2n) is 5.57. The van der Waals surface area contributed by atoms with Gasteiger partial charge in [-0.2, -0.15) is 0 Å². The van der Waals surface area contributed by atoms with Gasteiger partial charge in [0.05, 0.1) is 6.61 Å². The van der Waals surface area contributed by atoms with Crippen LogP contribution in [0.5, 0.6) is 0 Å². The standard InChI is InChI=1S/C19H21NO5/c1-15(22)25-14-19(13-21,17-10-6-3-7-11-17)20-18(23)24-12-16-8-4-2-5-9-16/h2-11,21H,12-14H2,1H3,(H,20,23)/t19-/m0/s1. The maximum absolute atomic E-state index is 12.2. The highest BCUT2D eigenvalue weighted by Crippen LogP contribution is 2.22. The zero-order chi connectivity index (χ0) is 18.1. The van der Waals surface area contributed by atoms with E-state index >= 15 is 0 Å². The number of hydrogen-bond acceptors (Lipinski definition) is 5. The quantitative estimate of drug-likeness (QED) is 0.754. The molecule has 6 nitrogen and oxygen atoms in total. The van der Waals surface area contributed by atoms with Gasteiger partial charge in [-0.1, -0.05) is 60.7 Å². The van der Waals surface area contributed by atoms with Crippen LogP contribution in [0, 0.1) is 0 Å². The number of benzene rings is 2. The molecular weight excluding hydrogens is 322 g/mol. The van der Waals surface area contributed by atoms with E-state index in [9.17, 15) is 14.7 Å². The number of ether oxygens (including phenoxy) is 2. The highest BCUT2D eigenvalue weighted by molar-refractivity contribution is 5.69. The predicted molar refractivity (Wildman–Crippen MR) is 91.6 cm³/mol. The summed E-state index contributed by atoms with van der Waals surface area (Å²) in [5, 5.41) is 12.5. The van der Waals surface area contributed by atoms with Crippen molar-refractivity contribution in [2.45, 2.75) is 19.1 Å². The summed E-state index contributed by atoms with van der Waals surface area (Å²) < 4.78 is 10.3. The Balaban J connectivity index is 2.11. The number of esters is 1. The van der Waals surface area contributed by atoms with Crippen LogP contribution in [0.15, 0.2) is 60.7 Å². The Kier molecular flexibility index (Phi) is 6.54. The van der Waals surface area contributed by atoms with Gasteiger partial charge in [-0.3, -0.25) is 4.79 Å². The molecule has 0 aromatic heterocycles. The maximum Gasteiger partial charge on any atom is 0.408 e. The second-order valence-corrected chi connectivity index (χ2v) is 5.57. The van der Waals surface area contributed by atoms with Gasteiger partial charge in [0.2, 0.25) is 0 Å². The van der Waals surface area contributed by atoms with Gasteiger partial charge in [-0.15, -0.1) is 0 Å². The summed E-state index contributed by atoms with van der Waals surface area (Å²) in [6.07, 6.45) is -0.714. The molecule has 0 spiro atoms. The molecule has 0 fully saturated rings. The normalized spacial score (nSPS) is 12.7. The lowest BCUT2D eigenvalue weighted by atomic mass is 9.91. The van der Waals surface area contributed by atoms with Gasteiger partial charge in [0.25, 0.3) is 0 Å². The molecule has 0 radical (unpaired) electrons. The molecule has 0 bridgehead atoms. The Hall–Kier alpha value is -2.86. The number of hydrogen-bond donors (Lipinski definition) is 2. The van der Waals surface area contributed by atoms with Gasteiger partial charge in [-0.05, 0) is 11.1 Å². The van der Waals surface area contributed by atoms with Crippen LogP contribution in [-0.2, 0) is 26.4 Å². The van der Waals surface area contributed by atoms with Crippen LogP contribution in [0.1, 0.15) is 18.1 Å². The molecule has 0 aliphatic heterocycles. The maximum atomic E-state index is 12.2. The van der Waals surface area contributed by atoms with Gasteiger partial charge in [0, 0.05) is 6.92 Å². The van der Waals surface area contributed by atoms with Crippen molar-refractivity contribution in [1.82, 2.24) is 5.32 Å². The molecule has 1 atom stereocenters. The van der Waals surface area contributed by atoms with Gasteiger partial charge in [-0.25, -0.2) is 4.79 Å². The van der Waals surface area contributed by atoms with Crippen molar-refractivity contribution in [3.63, 3.8) is 0 Å². The Morgan fingerprint density at radius 3 is 2.16 bits per heavy atom. The Morgan fingerprint density at radius 2 is 1.60 bits per heavy atom. The minimum Gasteiger partial charge on any atom is -0.463 e. The molecule has 0 aliphatic carbocycles. The molecule has 1 amide bonds. The number of aliphatic hydroxyl groups is 1. The largest absolute Gasteiger partial charge is 0.463 e. The van der Waals surface area contributed by atoms with Crippen molar-refractivity contribution in [1.29, 1.82) is 0 Å². The molecule has 0 unspecified atom stereocenters. The molecular formula is C19H21NO5. The summed E-state index contributed by atoms with van der Waals surface area (Å²) in [5.74, 6) is -0.506. The first-order chi connectivity index (χ1) is 12.1. The van der Waals surface area contributed by atoms with Crippen LogP contribution >= 0.6 is 0 Å². The van der Waals surface area contributed by atoms with Gasteiger partial charge in [0.15, 0.2) is 0 Å². The topological polar surface area (TPSA) is 84.9 Å². The predicted octanol–water partition coefficient (Wildman–Crippen LogP) is 2.36. The first kappa shape index (κ1) is 18.5. The van der Waals surface area contributed by atoms with Crippen LogP contribution in [0.2, 0.25) is 0 Å². The van der Waals surface area contributed by atoms with Gasteiger partial charge < -0.3 is 19.9 Å². The smallest absolute Gasteiger partial charge is 0.408 e. The van der Waals surface area contributed by atoms with E-state index in [1.54, 1.807) is 24.3 Å². The Labute approximate surface area is 146 Å². The van der Waals surface area contributed by atoms with E-state index in [-0.39, 0.29) is 13.2 Å². The lowest BCUT2D eigenvalue weighted by molar-refractivity contribution is -0.144. The summed E-state index contributed by atoms with van der Waals surface area (Å²) in [6, 6.07) is 18.0. The van der Waals surface area contributed by atoms with Gasteiger partial charge in [0.1, 0.15) is 18.8 Å². The monoisotopic (exact) mass is 343 g/mol. The molecule has 0 heterocycles. The average molecular weight is 343 g/mol. The number of nitrogens with one attached hydrogen (secondary N) is 1. The highest BCUT2D eigenvalue weighted by Gasteiger charge is 2.35. The fourth-order valence-electron chi connectivity index (χ4n) is 2.30. The molecule has 0 saturated heterocycles. The summed E-state index contributed by atoms with van der Waals surface area (Å²) in [4.78, 5) is 23.4. The minimum absolute atomic E-state index is 0.0938. The van der Waals surface area contributed by atoms with Crippen molar-refractivity contribution in [3.8, 4) is 0 Å². The SMILES string of the molecule is CC(=O)OC[C@](CO)(NC(=O)OCc1ccccc1)c1ccccc1. The van der Waals surface area contributed by atoms with Crippen molar-refractivity contribution in [3.05, 3.63) is 71.8 Å². The molecule has 0 saturated carbocycles. The summed E-state index contributed by atoms with van der Waals surface area (Å²) in [7, 11) is 0. The third-order valence-corrected chi connectivity index (χ3v) is 3.67. The Bertz CT molecular complexity index is 689. The molecule has 6 heteroatoms. The van der Waals surface area contributed by atoms with E-state index < -0.39 is 24.2 Å². The molecule has 2 rings (SSSR count). The molecule has 132 valence electrons. The van der Waals surface area contributed by atoms with E-state index in [0.29, 0.717) is 5.56 Å². The lowest BCUT2D eigenvalue weighted by Crippen LogP contribution is -2.52. The van der Waals surface area contributed by atoms with Crippen LogP contribution in [0.4, 0.5) is 4.79 Å².